The third-order valence-corrected chi connectivity index (χ3v) is 23.2. The molecule has 0 N–H and O–H groups in total. The van der Waals surface area contributed by atoms with Crippen molar-refractivity contribution in [3.05, 3.63) is 24.3 Å². The highest BCUT2D eigenvalue weighted by molar-refractivity contribution is 6.91. The topological polar surface area (TPSA) is 26.3 Å². The lowest BCUT2D eigenvalue weighted by Crippen LogP contribution is -2.45. The Morgan fingerprint density at radius 1 is 0.512 bits per heavy atom. The summed E-state index contributed by atoms with van der Waals surface area (Å²) in [6, 6.07) is 15.2. The summed E-state index contributed by atoms with van der Waals surface area (Å²) in [5.74, 6) is 0.318. The fourth-order valence-corrected chi connectivity index (χ4v) is 20.0. The van der Waals surface area contributed by atoms with Crippen molar-refractivity contribution in [1.29, 1.82) is 0 Å². The van der Waals surface area contributed by atoms with E-state index in [-0.39, 0.29) is 0 Å². The van der Waals surface area contributed by atoms with Gasteiger partial charge >= 0.3 is 0 Å². The van der Waals surface area contributed by atoms with Gasteiger partial charge in [-0.2, -0.15) is 0 Å². The average molecular weight is 669 g/mol. The van der Waals surface area contributed by atoms with Crippen LogP contribution in [0.1, 0.15) is 120 Å². The van der Waals surface area contributed by atoms with E-state index in [9.17, 15) is 4.79 Å². The van der Waals surface area contributed by atoms with Crippen LogP contribution in [-0.2, 0) is 8.91 Å². The van der Waals surface area contributed by atoms with Crippen LogP contribution in [0.2, 0.25) is 76.6 Å². The normalized spacial score (nSPS) is 11.8. The van der Waals surface area contributed by atoms with E-state index in [1.54, 1.807) is 17.3 Å². The van der Waals surface area contributed by atoms with Gasteiger partial charge in [-0.05, 0) is 51.6 Å². The molecule has 1 aromatic rings. The second-order valence-electron chi connectivity index (χ2n) is 15.1. The van der Waals surface area contributed by atoms with Gasteiger partial charge in [0.15, 0.2) is 16.6 Å². The second kappa shape index (κ2) is 25.9. The number of carbonyl (C=O) groups is 1. The number of hydrogen-bond acceptors (Lipinski definition) is 2. The molecule has 1 rings (SSSR count). The number of ketones is 1. The van der Waals surface area contributed by atoms with Crippen molar-refractivity contribution >= 4 is 48.9 Å². The Kier molecular flexibility index (Phi) is 28.3. The Bertz CT molecular complexity index is 731. The number of hydrogen-bond donors (Lipinski definition) is 0. The highest BCUT2D eigenvalue weighted by Crippen LogP contribution is 2.23. The van der Waals surface area contributed by atoms with Crippen LogP contribution in [0, 0.1) is 0 Å². The van der Waals surface area contributed by atoms with Gasteiger partial charge in [-0.3, -0.25) is 0 Å². The summed E-state index contributed by atoms with van der Waals surface area (Å²) >= 11 is 0. The van der Waals surface area contributed by atoms with Gasteiger partial charge in [-0.25, -0.2) is 0 Å². The second-order valence-corrected chi connectivity index (χ2v) is 33.7. The van der Waals surface area contributed by atoms with E-state index in [2.05, 4.69) is 125 Å². The number of carbonyl (C=O) groups excluding carboxylic acids is 1. The molecule has 6 heteroatoms. The quantitative estimate of drug-likeness (QED) is 0.122. The van der Waals surface area contributed by atoms with Gasteiger partial charge in [0.05, 0.1) is 16.1 Å². The molecule has 0 aromatic heterocycles. The van der Waals surface area contributed by atoms with Crippen LogP contribution in [-0.4, -0.2) is 38.6 Å². The zero-order chi connectivity index (χ0) is 34.2. The third-order valence-electron chi connectivity index (χ3n) is 8.09. The van der Waals surface area contributed by atoms with E-state index >= 15 is 0 Å². The summed E-state index contributed by atoms with van der Waals surface area (Å²) < 4.78 is 6.38. The van der Waals surface area contributed by atoms with Crippen molar-refractivity contribution in [1.82, 2.24) is 0 Å². The summed E-state index contributed by atoms with van der Waals surface area (Å²) in [5, 5.41) is 3.27. The maximum Gasteiger partial charge on any atom is 0.173 e. The van der Waals surface area contributed by atoms with Crippen molar-refractivity contribution in [2.75, 3.05) is 0 Å². The largest absolute Gasteiger partial charge is 0.455 e. The third kappa shape index (κ3) is 26.6. The molecule has 0 amide bonds. The van der Waals surface area contributed by atoms with Gasteiger partial charge in [-0.15, -0.1) is 0 Å². The Balaban J connectivity index is -0.000000559. The molecular weight excluding hydrogens is 589 g/mol. The highest BCUT2D eigenvalue weighted by Gasteiger charge is 2.31. The molecule has 0 saturated carbocycles. The van der Waals surface area contributed by atoms with E-state index in [1.807, 2.05) is 0 Å². The first-order chi connectivity index (χ1) is 19.8. The first kappa shape index (κ1) is 47.1. The molecule has 0 aliphatic carbocycles. The molecule has 0 spiro atoms. The minimum Gasteiger partial charge on any atom is -0.455 e. The summed E-state index contributed by atoms with van der Waals surface area (Å²) in [6.07, 6.45) is 12.1. The number of benzene rings is 1. The summed E-state index contributed by atoms with van der Waals surface area (Å²) in [7, 11) is -4.96. The van der Waals surface area contributed by atoms with E-state index < -0.39 is 32.8 Å². The Morgan fingerprint density at radius 2 is 0.837 bits per heavy atom. The Morgan fingerprint density at radius 3 is 1.07 bits per heavy atom. The predicted molar refractivity (Wildman–Crippen MR) is 213 cm³/mol. The molecule has 0 aliphatic rings. The van der Waals surface area contributed by atoms with Gasteiger partial charge in [0, 0.05) is 6.42 Å². The van der Waals surface area contributed by atoms with E-state index in [1.165, 1.54) is 75.5 Å². The summed E-state index contributed by atoms with van der Waals surface area (Å²) in [4.78, 5) is 10.3. The van der Waals surface area contributed by atoms with Gasteiger partial charge in [-0.1, -0.05) is 173 Å². The van der Waals surface area contributed by atoms with Crippen LogP contribution >= 0.6 is 0 Å². The lowest BCUT2D eigenvalue weighted by atomic mass is 10.2. The van der Waals surface area contributed by atoms with Crippen LogP contribution < -0.4 is 10.4 Å². The highest BCUT2D eigenvalue weighted by atomic mass is 28.4. The van der Waals surface area contributed by atoms with Crippen molar-refractivity contribution in [2.45, 2.75) is 196 Å². The fraction of sp³-hybridized carbons (Fsp3) is 0.811. The van der Waals surface area contributed by atoms with Gasteiger partial charge in [0.25, 0.3) is 0 Å². The average Bonchev–Trinajstić information content (AvgIpc) is 2.89. The summed E-state index contributed by atoms with van der Waals surface area (Å²) in [5.41, 5.74) is 0. The molecule has 0 bridgehead atoms. The molecule has 0 saturated heterocycles. The van der Waals surface area contributed by atoms with Crippen LogP contribution in [0.15, 0.2) is 24.3 Å². The van der Waals surface area contributed by atoms with Crippen LogP contribution in [0.4, 0.5) is 0 Å². The smallest absolute Gasteiger partial charge is 0.173 e. The molecule has 0 radical (unpaired) electrons. The van der Waals surface area contributed by atoms with E-state index in [0.717, 1.165) is 12.8 Å². The van der Waals surface area contributed by atoms with Crippen LogP contribution in [0.5, 0.6) is 0 Å². The maximum absolute atomic E-state index is 10.3. The first-order valence-electron chi connectivity index (χ1n) is 18.2. The molecule has 0 aliphatic heterocycles. The van der Waals surface area contributed by atoms with Crippen molar-refractivity contribution in [3.8, 4) is 0 Å². The maximum atomic E-state index is 10.3. The SMILES string of the molecule is CCCC.CCCCCC(C)=O.CCC[Si](C)(C)O[Si](C)(C)CCC.CCC[Si](C)(C)c1ccc([Si](C)(C)CCC)cc1. The van der Waals surface area contributed by atoms with Crippen molar-refractivity contribution in [2.24, 2.45) is 0 Å². The lowest BCUT2D eigenvalue weighted by molar-refractivity contribution is -0.117. The fourth-order valence-electron chi connectivity index (χ4n) is 5.59. The zero-order valence-electron chi connectivity index (χ0n) is 32.5. The van der Waals surface area contributed by atoms with Crippen LogP contribution in [0.25, 0.3) is 0 Å². The molecule has 256 valence electrons. The molecular formula is C37H80O2Si4. The molecule has 1 aromatic carbocycles. The lowest BCUT2D eigenvalue weighted by Gasteiger charge is -2.33. The summed E-state index contributed by atoms with van der Waals surface area (Å²) in [6.45, 7) is 36.7. The molecule has 0 unspecified atom stereocenters. The Labute approximate surface area is 277 Å². The molecule has 2 nitrogen and oxygen atoms in total. The number of rotatable bonds is 17. The monoisotopic (exact) mass is 669 g/mol. The minimum atomic E-state index is -1.31. The van der Waals surface area contributed by atoms with Gasteiger partial charge in [0.2, 0.25) is 0 Å². The number of unbranched alkanes of at least 4 members (excludes halogenated alkanes) is 3. The van der Waals surface area contributed by atoms with E-state index in [4.69, 9.17) is 4.12 Å². The molecule has 43 heavy (non-hydrogen) atoms. The Hall–Kier alpha value is -0.282. The van der Waals surface area contributed by atoms with Crippen LogP contribution in [0.3, 0.4) is 0 Å². The standard InChI is InChI=1S/C16H30Si2.C10H26OSi2.C7H14O.C4H10/c1-7-13-17(3,4)15-9-11-16(12-10-15)18(5,6)14-8-2;1-7-9-12(3,4)11-13(5,6)10-8-2;1-3-4-5-6-7(2)8;1-3-4-2/h9-12H,7-8,13-14H2,1-6H3;7-10H2,1-6H3;3-6H2,1-2H3;3-4H2,1-2H3. The number of Topliss-reactive ketones (excluding diaryl/α,β-unsaturated/α-hetero) is 1. The molecule has 0 atom stereocenters. The predicted octanol–water partition coefficient (Wildman–Crippen LogP) is 12.5. The van der Waals surface area contributed by atoms with Crippen molar-refractivity contribution < 1.29 is 8.91 Å². The first-order valence-corrected chi connectivity index (χ1v) is 30.8. The van der Waals surface area contributed by atoms with Gasteiger partial charge in [0.1, 0.15) is 5.78 Å². The molecule has 0 fully saturated rings. The molecule has 0 heterocycles. The van der Waals surface area contributed by atoms with Crippen molar-refractivity contribution in [3.63, 3.8) is 0 Å². The zero-order valence-corrected chi connectivity index (χ0v) is 36.5. The van der Waals surface area contributed by atoms with Gasteiger partial charge < -0.3 is 8.91 Å². The minimum absolute atomic E-state index is 0.318. The van der Waals surface area contributed by atoms with E-state index in [0.29, 0.717) is 5.78 Å².